The van der Waals surface area contributed by atoms with Crippen molar-refractivity contribution in [2.75, 3.05) is 26.2 Å². The van der Waals surface area contributed by atoms with E-state index in [4.69, 9.17) is 0 Å². The van der Waals surface area contributed by atoms with E-state index in [1.54, 1.807) is 0 Å². The highest BCUT2D eigenvalue weighted by Crippen LogP contribution is 2.20. The van der Waals surface area contributed by atoms with Gasteiger partial charge in [-0.3, -0.25) is 0 Å². The maximum atomic E-state index is 3.49. The Balaban J connectivity index is 1.98. The van der Waals surface area contributed by atoms with Gasteiger partial charge in [-0.25, -0.2) is 0 Å². The van der Waals surface area contributed by atoms with Gasteiger partial charge in [0, 0.05) is 6.04 Å². The molecule has 1 fully saturated rings. The summed E-state index contributed by atoms with van der Waals surface area (Å²) in [4.78, 5) is 2.70. The third-order valence-electron chi connectivity index (χ3n) is 4.22. The lowest BCUT2D eigenvalue weighted by atomic mass is 9.98. The van der Waals surface area contributed by atoms with E-state index in [-0.39, 0.29) is 0 Å². The summed E-state index contributed by atoms with van der Waals surface area (Å²) in [5, 5.41) is 3.49. The molecule has 1 heterocycles. The molecule has 18 heavy (non-hydrogen) atoms. The number of nitrogens with zero attached hydrogens (tertiary/aromatic N) is 1. The van der Waals surface area contributed by atoms with E-state index < -0.39 is 0 Å². The van der Waals surface area contributed by atoms with Crippen molar-refractivity contribution in [3.8, 4) is 0 Å². The quantitative estimate of drug-likeness (QED) is 0.665. The van der Waals surface area contributed by atoms with Crippen LogP contribution in [0.25, 0.3) is 0 Å². The molecular weight excluding hydrogens is 220 g/mol. The molecule has 1 N–H and O–H groups in total. The van der Waals surface area contributed by atoms with Crippen molar-refractivity contribution in [2.24, 2.45) is 5.92 Å². The molecule has 1 aliphatic rings. The number of unbranched alkanes of at least 4 members (excludes halogenated alkanes) is 2. The van der Waals surface area contributed by atoms with Crippen molar-refractivity contribution in [2.45, 2.75) is 71.8 Å². The van der Waals surface area contributed by atoms with Crippen LogP contribution in [0.3, 0.4) is 0 Å². The predicted molar refractivity (Wildman–Crippen MR) is 81.1 cm³/mol. The second-order valence-electron chi connectivity index (χ2n) is 6.22. The smallest absolute Gasteiger partial charge is 0.00103 e. The van der Waals surface area contributed by atoms with Crippen LogP contribution in [0.4, 0.5) is 0 Å². The number of hydrogen-bond acceptors (Lipinski definition) is 2. The normalized spacial score (nSPS) is 22.3. The van der Waals surface area contributed by atoms with Gasteiger partial charge < -0.3 is 10.2 Å². The summed E-state index contributed by atoms with van der Waals surface area (Å²) in [5.74, 6) is 1.00. The van der Waals surface area contributed by atoms with E-state index in [9.17, 15) is 0 Å². The molecule has 0 amide bonds. The van der Waals surface area contributed by atoms with Crippen LogP contribution >= 0.6 is 0 Å². The van der Waals surface area contributed by atoms with E-state index in [0.29, 0.717) is 6.04 Å². The third-order valence-corrected chi connectivity index (χ3v) is 4.22. The number of likely N-dealkylation sites (tertiary alicyclic amines) is 1. The van der Waals surface area contributed by atoms with Gasteiger partial charge in [-0.2, -0.15) is 0 Å². The van der Waals surface area contributed by atoms with E-state index >= 15 is 0 Å². The monoisotopic (exact) mass is 254 g/mol. The second kappa shape index (κ2) is 9.80. The standard InChI is InChI=1S/C16H34N2/c1-4-16-9-8-13-18(14-10-16)12-7-5-6-11-17-15(2)3/h15-17H,4-14H2,1-3H3. The van der Waals surface area contributed by atoms with Crippen molar-refractivity contribution in [1.82, 2.24) is 10.2 Å². The first-order chi connectivity index (χ1) is 8.72. The average molecular weight is 254 g/mol. The Morgan fingerprint density at radius 3 is 2.67 bits per heavy atom. The van der Waals surface area contributed by atoms with Crippen LogP contribution in [0.2, 0.25) is 0 Å². The number of hydrogen-bond donors (Lipinski definition) is 1. The van der Waals surface area contributed by atoms with Crippen LogP contribution < -0.4 is 5.32 Å². The zero-order valence-electron chi connectivity index (χ0n) is 12.9. The molecule has 0 aromatic rings. The predicted octanol–water partition coefficient (Wildman–Crippen LogP) is 3.67. The van der Waals surface area contributed by atoms with Crippen LogP contribution in [-0.4, -0.2) is 37.1 Å². The zero-order chi connectivity index (χ0) is 13.2. The fourth-order valence-corrected chi connectivity index (χ4v) is 2.88. The topological polar surface area (TPSA) is 15.3 Å². The Hall–Kier alpha value is -0.0800. The highest BCUT2D eigenvalue weighted by atomic mass is 15.1. The van der Waals surface area contributed by atoms with Crippen molar-refractivity contribution >= 4 is 0 Å². The van der Waals surface area contributed by atoms with Gasteiger partial charge in [0.15, 0.2) is 0 Å². The fourth-order valence-electron chi connectivity index (χ4n) is 2.88. The molecular formula is C16H34N2. The van der Waals surface area contributed by atoms with Gasteiger partial charge in [0.25, 0.3) is 0 Å². The van der Waals surface area contributed by atoms with Crippen molar-refractivity contribution in [3.63, 3.8) is 0 Å². The summed E-state index contributed by atoms with van der Waals surface area (Å²) in [6.45, 7) is 12.0. The van der Waals surface area contributed by atoms with Gasteiger partial charge in [0.05, 0.1) is 0 Å². The minimum Gasteiger partial charge on any atom is -0.315 e. The van der Waals surface area contributed by atoms with Gasteiger partial charge in [0.1, 0.15) is 0 Å². The molecule has 2 heteroatoms. The molecule has 0 saturated carbocycles. The third kappa shape index (κ3) is 7.38. The lowest BCUT2D eigenvalue weighted by Gasteiger charge is -2.20. The van der Waals surface area contributed by atoms with Crippen molar-refractivity contribution < 1.29 is 0 Å². The van der Waals surface area contributed by atoms with Crippen LogP contribution in [-0.2, 0) is 0 Å². The lowest BCUT2D eigenvalue weighted by Crippen LogP contribution is -2.26. The summed E-state index contributed by atoms with van der Waals surface area (Å²) in [6.07, 6.45) is 9.81. The van der Waals surface area contributed by atoms with Crippen molar-refractivity contribution in [3.05, 3.63) is 0 Å². The van der Waals surface area contributed by atoms with Crippen LogP contribution in [0, 0.1) is 5.92 Å². The van der Waals surface area contributed by atoms with Crippen LogP contribution in [0.5, 0.6) is 0 Å². The lowest BCUT2D eigenvalue weighted by molar-refractivity contribution is 0.273. The molecule has 1 aliphatic heterocycles. The largest absolute Gasteiger partial charge is 0.315 e. The van der Waals surface area contributed by atoms with Gasteiger partial charge in [-0.15, -0.1) is 0 Å². The summed E-state index contributed by atoms with van der Waals surface area (Å²) in [7, 11) is 0. The molecule has 0 radical (unpaired) electrons. The highest BCUT2D eigenvalue weighted by Gasteiger charge is 2.14. The molecule has 0 aliphatic carbocycles. The summed E-state index contributed by atoms with van der Waals surface area (Å²) in [5.41, 5.74) is 0. The van der Waals surface area contributed by atoms with Gasteiger partial charge in [-0.05, 0) is 64.2 Å². The molecule has 1 saturated heterocycles. The van der Waals surface area contributed by atoms with E-state index in [2.05, 4.69) is 31.0 Å². The molecule has 0 bridgehead atoms. The van der Waals surface area contributed by atoms with E-state index in [0.717, 1.165) is 5.92 Å². The first-order valence-electron chi connectivity index (χ1n) is 8.18. The summed E-state index contributed by atoms with van der Waals surface area (Å²) in [6, 6.07) is 0.640. The van der Waals surface area contributed by atoms with Crippen molar-refractivity contribution in [1.29, 1.82) is 0 Å². The molecule has 108 valence electrons. The number of nitrogens with one attached hydrogen (secondary N) is 1. The molecule has 0 spiro atoms. The molecule has 2 nitrogen and oxygen atoms in total. The molecule has 0 aromatic heterocycles. The second-order valence-corrected chi connectivity index (χ2v) is 6.22. The Morgan fingerprint density at radius 1 is 1.11 bits per heavy atom. The summed E-state index contributed by atoms with van der Waals surface area (Å²) < 4.78 is 0. The minimum absolute atomic E-state index is 0.640. The van der Waals surface area contributed by atoms with Gasteiger partial charge in [0.2, 0.25) is 0 Å². The maximum absolute atomic E-state index is 3.49. The summed E-state index contributed by atoms with van der Waals surface area (Å²) >= 11 is 0. The Kier molecular flexibility index (Phi) is 8.70. The van der Waals surface area contributed by atoms with Gasteiger partial charge >= 0.3 is 0 Å². The maximum Gasteiger partial charge on any atom is 0.00103 e. The minimum atomic E-state index is 0.640. The van der Waals surface area contributed by atoms with Crippen LogP contribution in [0.1, 0.15) is 65.7 Å². The first-order valence-corrected chi connectivity index (χ1v) is 8.18. The molecule has 1 unspecified atom stereocenters. The number of rotatable bonds is 8. The highest BCUT2D eigenvalue weighted by molar-refractivity contribution is 4.69. The SMILES string of the molecule is CCC1CCCN(CCCCCNC(C)C)CC1. The zero-order valence-corrected chi connectivity index (χ0v) is 12.9. The fraction of sp³-hybridized carbons (Fsp3) is 1.00. The van der Waals surface area contributed by atoms with E-state index in [1.807, 2.05) is 0 Å². The van der Waals surface area contributed by atoms with Gasteiger partial charge in [-0.1, -0.05) is 33.6 Å². The Labute approximate surface area is 115 Å². The van der Waals surface area contributed by atoms with Crippen LogP contribution in [0.15, 0.2) is 0 Å². The average Bonchev–Trinajstić information content (AvgIpc) is 2.58. The first kappa shape index (κ1) is 16.0. The Morgan fingerprint density at radius 2 is 1.94 bits per heavy atom. The van der Waals surface area contributed by atoms with E-state index in [1.165, 1.54) is 71.1 Å². The molecule has 0 aromatic carbocycles. The molecule has 1 atom stereocenters. The molecule has 1 rings (SSSR count). The Bertz CT molecular complexity index is 192.